The van der Waals surface area contributed by atoms with E-state index in [4.69, 9.17) is 10.5 Å². The van der Waals surface area contributed by atoms with E-state index in [0.29, 0.717) is 36.3 Å². The highest BCUT2D eigenvalue weighted by Gasteiger charge is 2.17. The molecule has 1 heterocycles. The number of rotatable bonds is 9. The number of hydrogen-bond donors (Lipinski definition) is 2. The molecule has 1 aromatic heterocycles. The fourth-order valence-electron chi connectivity index (χ4n) is 3.08. The molecular weight excluding hydrogens is 429 g/mol. The third-order valence-electron chi connectivity index (χ3n) is 4.81. The van der Waals surface area contributed by atoms with Gasteiger partial charge in [-0.2, -0.15) is 10.4 Å². The van der Waals surface area contributed by atoms with Gasteiger partial charge < -0.3 is 15.8 Å². The number of carbonyl (C=O) groups is 1. The molecule has 9 heteroatoms. The standard InChI is InChI=1S/C23H24FN5O2S/c1-15(32-19-11-9-18(31-2)10-12-19)23(30)27-13-3-4-21-20(14-25)22(26)29(28-21)17-7-5-16(24)6-8-17/h5-12,15H,3-4,13,26H2,1-2H3,(H,27,30). The molecule has 0 fully saturated rings. The summed E-state index contributed by atoms with van der Waals surface area (Å²) in [5.74, 6) is 0.548. The predicted molar refractivity (Wildman–Crippen MR) is 122 cm³/mol. The summed E-state index contributed by atoms with van der Waals surface area (Å²) in [6, 6.07) is 15.3. The van der Waals surface area contributed by atoms with Crippen LogP contribution in [0.3, 0.4) is 0 Å². The van der Waals surface area contributed by atoms with Crippen molar-refractivity contribution >= 4 is 23.5 Å². The van der Waals surface area contributed by atoms with Crippen LogP contribution in [0.4, 0.5) is 10.2 Å². The quantitative estimate of drug-likeness (QED) is 0.378. The maximum Gasteiger partial charge on any atom is 0.233 e. The van der Waals surface area contributed by atoms with Crippen LogP contribution >= 0.6 is 11.8 Å². The molecule has 0 saturated heterocycles. The van der Waals surface area contributed by atoms with E-state index >= 15 is 0 Å². The summed E-state index contributed by atoms with van der Waals surface area (Å²) >= 11 is 1.47. The number of halogens is 1. The van der Waals surface area contributed by atoms with Gasteiger partial charge in [0.2, 0.25) is 5.91 Å². The number of aromatic nitrogens is 2. The van der Waals surface area contributed by atoms with Gasteiger partial charge in [0.1, 0.15) is 29.0 Å². The Hall–Kier alpha value is -3.51. The van der Waals surface area contributed by atoms with E-state index < -0.39 is 0 Å². The Morgan fingerprint density at radius 2 is 1.97 bits per heavy atom. The first-order chi connectivity index (χ1) is 15.4. The maximum absolute atomic E-state index is 13.2. The Labute approximate surface area is 190 Å². The van der Waals surface area contributed by atoms with Crippen LogP contribution in [0.15, 0.2) is 53.4 Å². The third kappa shape index (κ3) is 5.59. The molecule has 7 nitrogen and oxygen atoms in total. The third-order valence-corrected chi connectivity index (χ3v) is 5.92. The first kappa shape index (κ1) is 23.2. The minimum atomic E-state index is -0.365. The van der Waals surface area contributed by atoms with Gasteiger partial charge in [0, 0.05) is 11.4 Å². The lowest BCUT2D eigenvalue weighted by Gasteiger charge is -2.12. The molecule has 32 heavy (non-hydrogen) atoms. The number of methoxy groups -OCH3 is 1. The number of anilines is 1. The lowest BCUT2D eigenvalue weighted by molar-refractivity contribution is -0.120. The molecule has 0 saturated carbocycles. The Morgan fingerprint density at radius 1 is 1.28 bits per heavy atom. The van der Waals surface area contributed by atoms with Gasteiger partial charge in [-0.15, -0.1) is 11.8 Å². The largest absolute Gasteiger partial charge is 0.497 e. The van der Waals surface area contributed by atoms with Crippen LogP contribution in [-0.4, -0.2) is 34.6 Å². The topological polar surface area (TPSA) is 106 Å². The molecule has 0 aliphatic heterocycles. The molecule has 3 rings (SSSR count). The molecular formula is C23H24FN5O2S. The number of aryl methyl sites for hydroxylation is 1. The minimum absolute atomic E-state index is 0.0670. The number of ether oxygens (including phenoxy) is 1. The number of nitrogen functional groups attached to an aromatic ring is 1. The number of hydrogen-bond acceptors (Lipinski definition) is 6. The van der Waals surface area contributed by atoms with E-state index in [1.165, 1.54) is 28.6 Å². The zero-order chi connectivity index (χ0) is 23.1. The zero-order valence-corrected chi connectivity index (χ0v) is 18.7. The summed E-state index contributed by atoms with van der Waals surface area (Å²) in [5, 5.41) is 16.6. The van der Waals surface area contributed by atoms with Crippen molar-refractivity contribution in [3.8, 4) is 17.5 Å². The van der Waals surface area contributed by atoms with Crippen molar-refractivity contribution in [2.24, 2.45) is 0 Å². The van der Waals surface area contributed by atoms with Gasteiger partial charge in [0.15, 0.2) is 0 Å². The van der Waals surface area contributed by atoms with Gasteiger partial charge in [-0.1, -0.05) is 0 Å². The van der Waals surface area contributed by atoms with Crippen molar-refractivity contribution in [3.63, 3.8) is 0 Å². The average Bonchev–Trinajstić information content (AvgIpc) is 3.12. The summed E-state index contributed by atoms with van der Waals surface area (Å²) in [6.45, 7) is 2.30. The van der Waals surface area contributed by atoms with E-state index in [0.717, 1.165) is 10.6 Å². The van der Waals surface area contributed by atoms with Crippen LogP contribution in [0, 0.1) is 17.1 Å². The summed E-state index contributed by atoms with van der Waals surface area (Å²) in [4.78, 5) is 13.4. The number of thioether (sulfide) groups is 1. The van der Waals surface area contributed by atoms with Crippen LogP contribution in [0.5, 0.6) is 5.75 Å². The smallest absolute Gasteiger partial charge is 0.233 e. The second-order valence-electron chi connectivity index (χ2n) is 7.04. The fraction of sp³-hybridized carbons (Fsp3) is 0.261. The molecule has 1 atom stereocenters. The molecule has 0 aliphatic rings. The molecule has 2 aromatic carbocycles. The van der Waals surface area contributed by atoms with Gasteiger partial charge in [-0.05, 0) is 68.3 Å². The Bertz CT molecular complexity index is 1110. The van der Waals surface area contributed by atoms with E-state index in [2.05, 4.69) is 16.5 Å². The Balaban J connectivity index is 1.53. The monoisotopic (exact) mass is 453 g/mol. The summed E-state index contributed by atoms with van der Waals surface area (Å²) in [5.41, 5.74) is 7.49. The van der Waals surface area contributed by atoms with Crippen LogP contribution in [0.2, 0.25) is 0 Å². The highest BCUT2D eigenvalue weighted by molar-refractivity contribution is 8.00. The van der Waals surface area contributed by atoms with Gasteiger partial charge in [0.25, 0.3) is 0 Å². The van der Waals surface area contributed by atoms with Crippen molar-refractivity contribution in [1.29, 1.82) is 5.26 Å². The SMILES string of the molecule is COc1ccc(SC(C)C(=O)NCCCc2nn(-c3ccc(F)cc3)c(N)c2C#N)cc1. The van der Waals surface area contributed by atoms with E-state index in [-0.39, 0.29) is 22.8 Å². The molecule has 3 N–H and O–H groups in total. The van der Waals surface area contributed by atoms with Crippen molar-refractivity contribution < 1.29 is 13.9 Å². The van der Waals surface area contributed by atoms with E-state index in [1.54, 1.807) is 19.2 Å². The second-order valence-corrected chi connectivity index (χ2v) is 8.45. The highest BCUT2D eigenvalue weighted by atomic mass is 32.2. The summed E-state index contributed by atoms with van der Waals surface area (Å²) in [6.07, 6.45) is 1.07. The molecule has 1 amide bonds. The minimum Gasteiger partial charge on any atom is -0.497 e. The zero-order valence-electron chi connectivity index (χ0n) is 17.8. The molecule has 0 spiro atoms. The maximum atomic E-state index is 13.2. The number of carbonyl (C=O) groups excluding carboxylic acids is 1. The number of nitrogens with one attached hydrogen (secondary N) is 1. The number of nitriles is 1. The van der Waals surface area contributed by atoms with Crippen molar-refractivity contribution in [3.05, 3.63) is 65.6 Å². The van der Waals surface area contributed by atoms with Gasteiger partial charge in [0.05, 0.1) is 23.7 Å². The van der Waals surface area contributed by atoms with Gasteiger partial charge in [-0.3, -0.25) is 4.79 Å². The lowest BCUT2D eigenvalue weighted by atomic mass is 10.1. The Morgan fingerprint density at radius 3 is 2.59 bits per heavy atom. The number of nitrogens with zero attached hydrogens (tertiary/aromatic N) is 3. The first-order valence-electron chi connectivity index (χ1n) is 10.0. The summed E-state index contributed by atoms with van der Waals surface area (Å²) in [7, 11) is 1.61. The predicted octanol–water partition coefficient (Wildman–Crippen LogP) is 3.70. The van der Waals surface area contributed by atoms with Gasteiger partial charge in [-0.25, -0.2) is 9.07 Å². The van der Waals surface area contributed by atoms with Crippen LogP contribution in [0.25, 0.3) is 5.69 Å². The number of amides is 1. The number of nitrogens with two attached hydrogens (primary N) is 1. The Kier molecular flexibility index (Phi) is 7.73. The van der Waals surface area contributed by atoms with Gasteiger partial charge >= 0.3 is 0 Å². The van der Waals surface area contributed by atoms with Crippen LogP contribution in [0.1, 0.15) is 24.6 Å². The van der Waals surface area contributed by atoms with E-state index in [9.17, 15) is 14.4 Å². The van der Waals surface area contributed by atoms with Crippen LogP contribution < -0.4 is 15.8 Å². The van der Waals surface area contributed by atoms with E-state index in [1.807, 2.05) is 31.2 Å². The molecule has 3 aromatic rings. The van der Waals surface area contributed by atoms with Crippen molar-refractivity contribution in [2.45, 2.75) is 29.9 Å². The van der Waals surface area contributed by atoms with Crippen LogP contribution in [-0.2, 0) is 11.2 Å². The normalized spacial score (nSPS) is 11.6. The average molecular weight is 454 g/mol. The fourth-order valence-corrected chi connectivity index (χ4v) is 3.97. The molecule has 0 radical (unpaired) electrons. The van der Waals surface area contributed by atoms with Crippen molar-refractivity contribution in [1.82, 2.24) is 15.1 Å². The molecule has 0 aliphatic carbocycles. The molecule has 0 bridgehead atoms. The first-order valence-corrected chi connectivity index (χ1v) is 10.9. The van der Waals surface area contributed by atoms with Crippen molar-refractivity contribution in [2.75, 3.05) is 19.4 Å². The summed E-state index contributed by atoms with van der Waals surface area (Å²) < 4.78 is 19.8. The second kappa shape index (κ2) is 10.7. The lowest BCUT2D eigenvalue weighted by Crippen LogP contribution is -2.31. The molecule has 1 unspecified atom stereocenters. The molecule has 166 valence electrons. The highest BCUT2D eigenvalue weighted by Crippen LogP contribution is 2.25. The number of benzene rings is 2.